The molecule has 0 bridgehead atoms. The maximum Gasteiger partial charge on any atom is 0.222 e. The molecule has 1 aliphatic carbocycles. The van der Waals surface area contributed by atoms with Crippen LogP contribution in [0.1, 0.15) is 30.4 Å². The molecule has 150 valence electrons. The van der Waals surface area contributed by atoms with E-state index in [4.69, 9.17) is 4.74 Å². The van der Waals surface area contributed by atoms with Gasteiger partial charge in [0.2, 0.25) is 5.91 Å². The molecule has 1 aliphatic heterocycles. The van der Waals surface area contributed by atoms with Crippen LogP contribution in [0.3, 0.4) is 0 Å². The average molecular weight is 388 g/mol. The number of carbonyl (C=O) groups excluding carboxylic acids is 1. The molecule has 3 nitrogen and oxygen atoms in total. The molecular weight excluding hydrogens is 358 g/mol. The van der Waals surface area contributed by atoms with Gasteiger partial charge in [-0.3, -0.25) is 4.79 Å². The summed E-state index contributed by atoms with van der Waals surface area (Å²) in [6, 6.07) is 20.8. The van der Waals surface area contributed by atoms with E-state index in [-0.39, 0.29) is 17.4 Å². The summed E-state index contributed by atoms with van der Waals surface area (Å²) in [6.07, 6.45) is 12.1. The van der Waals surface area contributed by atoms with Crippen LogP contribution in [0, 0.1) is 5.41 Å². The van der Waals surface area contributed by atoms with Gasteiger partial charge in [-0.1, -0.05) is 85.0 Å². The molecule has 3 heteroatoms. The SMILES string of the molecule is O=C1CCC(OCc2ccccc2)CN1CC1(Cc2ccccc2)C=CC=CC1. The van der Waals surface area contributed by atoms with Crippen LogP contribution in [-0.4, -0.2) is 30.0 Å². The van der Waals surface area contributed by atoms with E-state index in [1.54, 1.807) is 0 Å². The monoisotopic (exact) mass is 387 g/mol. The minimum absolute atomic E-state index is 0.0485. The van der Waals surface area contributed by atoms with Crippen LogP contribution in [0.2, 0.25) is 0 Å². The fourth-order valence-electron chi connectivity index (χ4n) is 4.35. The maximum absolute atomic E-state index is 12.7. The first-order valence-corrected chi connectivity index (χ1v) is 10.5. The standard InChI is InChI=1S/C26H29NO2/c28-25-15-14-24(29-20-23-12-6-2-7-13-23)19-27(25)21-26(16-8-3-9-17-26)18-22-10-4-1-5-11-22/h1-13,16,24H,14-15,17-21H2. The summed E-state index contributed by atoms with van der Waals surface area (Å²) in [4.78, 5) is 14.7. The quantitative estimate of drug-likeness (QED) is 0.673. The van der Waals surface area contributed by atoms with Crippen molar-refractivity contribution < 1.29 is 9.53 Å². The number of allylic oxidation sites excluding steroid dienone is 3. The lowest BCUT2D eigenvalue weighted by atomic mass is 9.75. The molecule has 29 heavy (non-hydrogen) atoms. The molecule has 1 amide bonds. The lowest BCUT2D eigenvalue weighted by molar-refractivity contribution is -0.140. The zero-order valence-electron chi connectivity index (χ0n) is 16.9. The number of piperidine rings is 1. The summed E-state index contributed by atoms with van der Waals surface area (Å²) in [7, 11) is 0. The van der Waals surface area contributed by atoms with Crippen molar-refractivity contribution >= 4 is 5.91 Å². The Hall–Kier alpha value is -2.65. The molecular formula is C26H29NO2. The highest BCUT2D eigenvalue weighted by molar-refractivity contribution is 5.77. The van der Waals surface area contributed by atoms with Crippen molar-refractivity contribution in [2.24, 2.45) is 5.41 Å². The van der Waals surface area contributed by atoms with Gasteiger partial charge in [0.15, 0.2) is 0 Å². The fourth-order valence-corrected chi connectivity index (χ4v) is 4.35. The molecule has 0 spiro atoms. The number of rotatable bonds is 7. The van der Waals surface area contributed by atoms with Crippen LogP contribution in [0.15, 0.2) is 85.0 Å². The Morgan fingerprint density at radius 3 is 2.38 bits per heavy atom. The normalized spacial score (nSPS) is 24.1. The molecule has 2 atom stereocenters. The lowest BCUT2D eigenvalue weighted by Gasteiger charge is -2.40. The van der Waals surface area contributed by atoms with Gasteiger partial charge in [-0.25, -0.2) is 0 Å². The van der Waals surface area contributed by atoms with Gasteiger partial charge in [0, 0.05) is 24.9 Å². The smallest absolute Gasteiger partial charge is 0.222 e. The van der Waals surface area contributed by atoms with E-state index in [1.807, 2.05) is 23.1 Å². The van der Waals surface area contributed by atoms with Crippen LogP contribution >= 0.6 is 0 Å². The molecule has 1 fully saturated rings. The van der Waals surface area contributed by atoms with Crippen molar-refractivity contribution in [1.29, 1.82) is 0 Å². The zero-order chi connectivity index (χ0) is 19.9. The predicted molar refractivity (Wildman–Crippen MR) is 116 cm³/mol. The molecule has 0 N–H and O–H groups in total. The van der Waals surface area contributed by atoms with Gasteiger partial charge in [0.05, 0.1) is 12.7 Å². The maximum atomic E-state index is 12.7. The predicted octanol–water partition coefficient (Wildman–Crippen LogP) is 4.94. The molecule has 1 saturated heterocycles. The summed E-state index contributed by atoms with van der Waals surface area (Å²) in [5.41, 5.74) is 2.44. The third kappa shape index (κ3) is 5.24. The first kappa shape index (κ1) is 19.7. The van der Waals surface area contributed by atoms with Crippen LogP contribution < -0.4 is 0 Å². The Morgan fingerprint density at radius 2 is 1.69 bits per heavy atom. The number of ether oxygens (including phenoxy) is 1. The van der Waals surface area contributed by atoms with Crippen LogP contribution in [0.25, 0.3) is 0 Å². The first-order chi connectivity index (χ1) is 14.2. The Bertz CT molecular complexity index is 859. The average Bonchev–Trinajstić information content (AvgIpc) is 2.76. The summed E-state index contributed by atoms with van der Waals surface area (Å²) < 4.78 is 6.16. The topological polar surface area (TPSA) is 29.5 Å². The van der Waals surface area contributed by atoms with E-state index in [1.165, 1.54) is 11.1 Å². The molecule has 2 aromatic carbocycles. The van der Waals surface area contributed by atoms with Gasteiger partial charge in [0.25, 0.3) is 0 Å². The van der Waals surface area contributed by atoms with E-state index < -0.39 is 0 Å². The number of hydrogen-bond acceptors (Lipinski definition) is 2. The molecule has 2 unspecified atom stereocenters. The fraction of sp³-hybridized carbons (Fsp3) is 0.346. The summed E-state index contributed by atoms with van der Waals surface area (Å²) in [6.45, 7) is 2.03. The minimum Gasteiger partial charge on any atom is -0.372 e. The van der Waals surface area contributed by atoms with E-state index in [2.05, 4.69) is 66.8 Å². The molecule has 0 saturated carbocycles. The first-order valence-electron chi connectivity index (χ1n) is 10.5. The van der Waals surface area contributed by atoms with Gasteiger partial charge in [-0.2, -0.15) is 0 Å². The number of hydrogen-bond donors (Lipinski definition) is 0. The highest BCUT2D eigenvalue weighted by Crippen LogP contribution is 2.34. The number of amides is 1. The zero-order valence-corrected chi connectivity index (χ0v) is 16.9. The van der Waals surface area contributed by atoms with E-state index in [9.17, 15) is 4.79 Å². The number of carbonyl (C=O) groups is 1. The van der Waals surface area contributed by atoms with Crippen molar-refractivity contribution in [1.82, 2.24) is 4.90 Å². The Balaban J connectivity index is 1.42. The second kappa shape index (κ2) is 9.23. The Labute approximate surface area is 173 Å². The largest absolute Gasteiger partial charge is 0.372 e. The van der Waals surface area contributed by atoms with Gasteiger partial charge < -0.3 is 9.64 Å². The summed E-state index contributed by atoms with van der Waals surface area (Å²) >= 11 is 0. The molecule has 2 aromatic rings. The highest BCUT2D eigenvalue weighted by Gasteiger charge is 2.35. The number of likely N-dealkylation sites (tertiary alicyclic amines) is 1. The van der Waals surface area contributed by atoms with E-state index in [0.717, 1.165) is 25.8 Å². The van der Waals surface area contributed by atoms with Crippen LogP contribution in [0.4, 0.5) is 0 Å². The minimum atomic E-state index is -0.0485. The Morgan fingerprint density at radius 1 is 0.966 bits per heavy atom. The van der Waals surface area contributed by atoms with Gasteiger partial charge in [-0.05, 0) is 30.4 Å². The van der Waals surface area contributed by atoms with Crippen molar-refractivity contribution in [2.45, 2.75) is 38.4 Å². The van der Waals surface area contributed by atoms with Crippen LogP contribution in [-0.2, 0) is 22.6 Å². The van der Waals surface area contributed by atoms with Crippen LogP contribution in [0.5, 0.6) is 0 Å². The summed E-state index contributed by atoms with van der Waals surface area (Å²) in [5, 5.41) is 0. The molecule has 2 aliphatic rings. The van der Waals surface area contributed by atoms with Gasteiger partial charge >= 0.3 is 0 Å². The number of nitrogens with zero attached hydrogens (tertiary/aromatic N) is 1. The van der Waals surface area contributed by atoms with Crippen molar-refractivity contribution in [3.8, 4) is 0 Å². The second-order valence-electron chi connectivity index (χ2n) is 8.25. The van der Waals surface area contributed by atoms with Gasteiger partial charge in [0.1, 0.15) is 0 Å². The van der Waals surface area contributed by atoms with E-state index >= 15 is 0 Å². The highest BCUT2D eigenvalue weighted by atomic mass is 16.5. The third-order valence-electron chi connectivity index (χ3n) is 5.91. The second-order valence-corrected chi connectivity index (χ2v) is 8.25. The van der Waals surface area contributed by atoms with Crippen molar-refractivity contribution in [2.75, 3.05) is 13.1 Å². The third-order valence-corrected chi connectivity index (χ3v) is 5.91. The molecule has 0 radical (unpaired) electrons. The molecule has 1 heterocycles. The van der Waals surface area contributed by atoms with E-state index in [0.29, 0.717) is 19.6 Å². The number of benzene rings is 2. The van der Waals surface area contributed by atoms with Crippen molar-refractivity contribution in [3.05, 3.63) is 96.1 Å². The molecule has 0 aromatic heterocycles. The lowest BCUT2D eigenvalue weighted by Crippen LogP contribution is -2.48. The molecule has 4 rings (SSSR count). The summed E-state index contributed by atoms with van der Waals surface area (Å²) in [5.74, 6) is 0.250. The Kier molecular flexibility index (Phi) is 6.26. The van der Waals surface area contributed by atoms with Gasteiger partial charge in [-0.15, -0.1) is 0 Å². The van der Waals surface area contributed by atoms with Crippen molar-refractivity contribution in [3.63, 3.8) is 0 Å².